The summed E-state index contributed by atoms with van der Waals surface area (Å²) in [4.78, 5) is 3.07. The molecule has 0 spiro atoms. The summed E-state index contributed by atoms with van der Waals surface area (Å²) in [5, 5.41) is 11.3. The van der Waals surface area contributed by atoms with E-state index in [0.717, 1.165) is 26.3 Å². The van der Waals surface area contributed by atoms with Crippen molar-refractivity contribution in [1.29, 1.82) is 0 Å². The van der Waals surface area contributed by atoms with Gasteiger partial charge in [-0.1, -0.05) is 29.1 Å². The van der Waals surface area contributed by atoms with Gasteiger partial charge < -0.3 is 10.1 Å². The fraction of sp³-hybridized carbons (Fsp3) is 0. The fourth-order valence-electron chi connectivity index (χ4n) is 1.41. The number of aromatic nitrogens is 1. The van der Waals surface area contributed by atoms with Gasteiger partial charge in [-0.05, 0) is 29.5 Å². The third kappa shape index (κ3) is 1.83. The number of aromatic hydroxyl groups is 1. The number of phenolic OH excluding ortho intramolecular Hbond substituents is 1. The molecule has 0 fully saturated rings. The second kappa shape index (κ2) is 3.59. The first-order valence-corrected chi connectivity index (χ1v) is 5.23. The van der Waals surface area contributed by atoms with Gasteiger partial charge in [0.15, 0.2) is 0 Å². The summed E-state index contributed by atoms with van der Waals surface area (Å²) in [5.74, 6) is 0.236. The maximum absolute atomic E-state index is 9.71. The molecule has 2 aromatic rings. The highest BCUT2D eigenvalue weighted by molar-refractivity contribution is 9.10. The highest BCUT2D eigenvalue weighted by Gasteiger charge is 2.05. The number of nitrogens with one attached hydrogen (secondary N) is 1. The molecule has 0 aliphatic rings. The van der Waals surface area contributed by atoms with Crippen LogP contribution in [0.2, 0.25) is 0 Å². The Morgan fingerprint density at radius 1 is 1.20 bits per heavy atom. The zero-order valence-electron chi connectivity index (χ0n) is 8.05. The van der Waals surface area contributed by atoms with Gasteiger partial charge in [-0.2, -0.15) is 0 Å². The van der Waals surface area contributed by atoms with Gasteiger partial charge in [0, 0.05) is 15.4 Å². The summed E-state index contributed by atoms with van der Waals surface area (Å²) < 4.78 is 0.918. The van der Waals surface area contributed by atoms with E-state index in [1.807, 2.05) is 12.1 Å². The van der Waals surface area contributed by atoms with E-state index in [9.17, 15) is 5.11 Å². The minimum atomic E-state index is 0.236. The number of H-pyrrole nitrogens is 1. The molecule has 76 valence electrons. The lowest BCUT2D eigenvalue weighted by atomic mass is 10.1. The first kappa shape index (κ1) is 10.1. The second-order valence-corrected chi connectivity index (χ2v) is 4.26. The summed E-state index contributed by atoms with van der Waals surface area (Å²) in [6.45, 7) is 7.64. The first-order valence-electron chi connectivity index (χ1n) is 4.44. The predicted octanol–water partition coefficient (Wildman–Crippen LogP) is 1.97. The molecule has 0 saturated carbocycles. The Balaban J connectivity index is 2.68. The molecule has 1 aromatic heterocycles. The first-order chi connectivity index (χ1) is 7.08. The van der Waals surface area contributed by atoms with E-state index >= 15 is 0 Å². The van der Waals surface area contributed by atoms with Crippen LogP contribution in [0.15, 0.2) is 28.7 Å². The molecule has 1 heterocycles. The number of hydrogen-bond donors (Lipinski definition) is 2. The molecule has 0 amide bonds. The highest BCUT2D eigenvalue weighted by atomic mass is 79.9. The SMILES string of the molecule is C=c1cc(-c2cc(Br)ccc2O)[nH]c1=C. The molecule has 3 heteroatoms. The molecular formula is C12H10BrNO. The summed E-state index contributed by atoms with van der Waals surface area (Å²) in [6.07, 6.45) is 0. The van der Waals surface area contributed by atoms with Crippen LogP contribution in [-0.2, 0) is 0 Å². The lowest BCUT2D eigenvalue weighted by Crippen LogP contribution is -2.17. The van der Waals surface area contributed by atoms with Crippen LogP contribution in [0.4, 0.5) is 0 Å². The number of benzene rings is 1. The van der Waals surface area contributed by atoms with Crippen LogP contribution in [0.1, 0.15) is 0 Å². The van der Waals surface area contributed by atoms with E-state index in [2.05, 4.69) is 34.1 Å². The molecule has 2 nitrogen and oxygen atoms in total. The second-order valence-electron chi connectivity index (χ2n) is 3.35. The summed E-state index contributed by atoms with van der Waals surface area (Å²) >= 11 is 3.36. The van der Waals surface area contributed by atoms with Crippen LogP contribution in [-0.4, -0.2) is 10.1 Å². The Bertz CT molecular complexity index is 573. The van der Waals surface area contributed by atoms with Crippen molar-refractivity contribution >= 4 is 29.1 Å². The van der Waals surface area contributed by atoms with Crippen molar-refractivity contribution in [1.82, 2.24) is 4.98 Å². The maximum atomic E-state index is 9.71. The molecule has 0 bridgehead atoms. The van der Waals surface area contributed by atoms with Gasteiger partial charge in [0.2, 0.25) is 0 Å². The molecule has 15 heavy (non-hydrogen) atoms. The van der Waals surface area contributed by atoms with E-state index in [1.54, 1.807) is 12.1 Å². The van der Waals surface area contributed by atoms with Crippen LogP contribution < -0.4 is 10.6 Å². The number of aromatic amines is 1. The monoisotopic (exact) mass is 263 g/mol. The van der Waals surface area contributed by atoms with Crippen LogP contribution in [0.5, 0.6) is 5.75 Å². The standard InChI is InChI=1S/C12H10BrNO/c1-7-5-11(14-8(7)2)10-6-9(13)3-4-12(10)15/h3-6,14-15H,1-2H2. The predicted molar refractivity (Wildman–Crippen MR) is 65.9 cm³/mol. The number of hydrogen-bond acceptors (Lipinski definition) is 1. The van der Waals surface area contributed by atoms with E-state index in [1.165, 1.54) is 0 Å². The average Bonchev–Trinajstić information content (AvgIpc) is 2.51. The normalized spacial score (nSPS) is 10.5. The van der Waals surface area contributed by atoms with E-state index in [4.69, 9.17) is 0 Å². The molecule has 0 atom stereocenters. The smallest absolute Gasteiger partial charge is 0.124 e. The van der Waals surface area contributed by atoms with Crippen molar-refractivity contribution in [2.75, 3.05) is 0 Å². The number of halogens is 1. The summed E-state index contributed by atoms with van der Waals surface area (Å²) in [6, 6.07) is 7.15. The zero-order chi connectivity index (χ0) is 11.0. The van der Waals surface area contributed by atoms with E-state index in [0.29, 0.717) is 0 Å². The third-order valence-electron chi connectivity index (χ3n) is 2.24. The lowest BCUT2D eigenvalue weighted by Gasteiger charge is -2.02. The molecule has 2 rings (SSSR count). The van der Waals surface area contributed by atoms with Crippen LogP contribution in [0, 0.1) is 0 Å². The Morgan fingerprint density at radius 2 is 1.93 bits per heavy atom. The quantitative estimate of drug-likeness (QED) is 0.811. The van der Waals surface area contributed by atoms with Crippen molar-refractivity contribution < 1.29 is 5.11 Å². The van der Waals surface area contributed by atoms with Gasteiger partial charge in [-0.25, -0.2) is 0 Å². The van der Waals surface area contributed by atoms with Crippen LogP contribution >= 0.6 is 15.9 Å². The number of rotatable bonds is 1. The van der Waals surface area contributed by atoms with Crippen molar-refractivity contribution in [2.45, 2.75) is 0 Å². The van der Waals surface area contributed by atoms with Gasteiger partial charge >= 0.3 is 0 Å². The van der Waals surface area contributed by atoms with Gasteiger partial charge in [0.25, 0.3) is 0 Å². The Morgan fingerprint density at radius 3 is 2.53 bits per heavy atom. The molecule has 2 N–H and O–H groups in total. The maximum Gasteiger partial charge on any atom is 0.124 e. The van der Waals surface area contributed by atoms with E-state index < -0.39 is 0 Å². The van der Waals surface area contributed by atoms with Crippen molar-refractivity contribution in [3.8, 4) is 17.0 Å². The lowest BCUT2D eigenvalue weighted by molar-refractivity contribution is 0.477. The van der Waals surface area contributed by atoms with Gasteiger partial charge in [-0.3, -0.25) is 0 Å². The summed E-state index contributed by atoms with van der Waals surface area (Å²) in [5.41, 5.74) is 1.56. The highest BCUT2D eigenvalue weighted by Crippen LogP contribution is 2.29. The topological polar surface area (TPSA) is 36.0 Å². The summed E-state index contributed by atoms with van der Waals surface area (Å²) in [7, 11) is 0. The van der Waals surface area contributed by atoms with Gasteiger partial charge in [0.05, 0.1) is 5.69 Å². The molecule has 0 radical (unpaired) electrons. The Kier molecular flexibility index (Phi) is 2.40. The fourth-order valence-corrected chi connectivity index (χ4v) is 1.77. The Labute approximate surface area is 95.7 Å². The van der Waals surface area contributed by atoms with Crippen molar-refractivity contribution in [2.24, 2.45) is 0 Å². The molecule has 0 aliphatic heterocycles. The van der Waals surface area contributed by atoms with Crippen molar-refractivity contribution in [3.63, 3.8) is 0 Å². The van der Waals surface area contributed by atoms with E-state index in [-0.39, 0.29) is 5.75 Å². The number of phenols is 1. The molecule has 0 unspecified atom stereocenters. The van der Waals surface area contributed by atoms with Crippen LogP contribution in [0.3, 0.4) is 0 Å². The van der Waals surface area contributed by atoms with Gasteiger partial charge in [0.1, 0.15) is 5.75 Å². The molecule has 1 aromatic carbocycles. The van der Waals surface area contributed by atoms with Crippen LogP contribution in [0.25, 0.3) is 24.4 Å². The zero-order valence-corrected chi connectivity index (χ0v) is 9.63. The molecule has 0 saturated heterocycles. The largest absolute Gasteiger partial charge is 0.507 e. The van der Waals surface area contributed by atoms with Crippen molar-refractivity contribution in [3.05, 3.63) is 39.3 Å². The average molecular weight is 264 g/mol. The molecular weight excluding hydrogens is 254 g/mol. The third-order valence-corrected chi connectivity index (χ3v) is 2.73. The minimum Gasteiger partial charge on any atom is -0.507 e. The molecule has 0 aliphatic carbocycles. The Hall–Kier alpha value is -1.48. The van der Waals surface area contributed by atoms with Gasteiger partial charge in [-0.15, -0.1) is 0 Å². The minimum absolute atomic E-state index is 0.236.